The zero-order chi connectivity index (χ0) is 13.4. The fourth-order valence-electron chi connectivity index (χ4n) is 1.14. The summed E-state index contributed by atoms with van der Waals surface area (Å²) in [5.41, 5.74) is 1.43. The number of nitrogens with one attached hydrogen (secondary N) is 2. The van der Waals surface area contributed by atoms with Crippen LogP contribution in [0.4, 0.5) is 11.4 Å². The molecule has 1 rings (SSSR count). The molecule has 18 heavy (non-hydrogen) atoms. The molecule has 5 nitrogen and oxygen atoms in total. The summed E-state index contributed by atoms with van der Waals surface area (Å²) in [5, 5.41) is 22.6. The van der Waals surface area contributed by atoms with Gasteiger partial charge in [-0.05, 0) is 24.3 Å². The summed E-state index contributed by atoms with van der Waals surface area (Å²) < 4.78 is 0. The molecule has 0 aliphatic rings. The Hall–Kier alpha value is -2.79. The van der Waals surface area contributed by atoms with Crippen molar-refractivity contribution in [2.45, 2.75) is 13.3 Å². The number of rotatable bonds is 4. The van der Waals surface area contributed by atoms with Gasteiger partial charge >= 0.3 is 0 Å². The van der Waals surface area contributed by atoms with Gasteiger partial charge < -0.3 is 10.6 Å². The molecule has 0 aliphatic heterocycles. The lowest BCUT2D eigenvalue weighted by Gasteiger charge is -2.05. The Morgan fingerprint density at radius 2 is 1.78 bits per heavy atom. The smallest absolute Gasteiger partial charge is 0.224 e. The quantitative estimate of drug-likeness (QED) is 0.791. The molecule has 2 N–H and O–H groups in total. The van der Waals surface area contributed by atoms with E-state index < -0.39 is 0 Å². The largest absolute Gasteiger partial charge is 0.360 e. The van der Waals surface area contributed by atoms with E-state index in [0.717, 1.165) is 5.69 Å². The first-order valence-electron chi connectivity index (χ1n) is 5.36. The van der Waals surface area contributed by atoms with Crippen LogP contribution in [-0.2, 0) is 4.79 Å². The number of carbonyl (C=O) groups excluding carboxylic acids is 1. The standard InChI is InChI=1S/C13H12N4O/c1-2-13(18)17-12-5-3-11(4-6-12)16-9-10(7-14)8-15/h3-6,9,16H,2H2,1H3,(H,17,18). The molecule has 0 unspecified atom stereocenters. The summed E-state index contributed by atoms with van der Waals surface area (Å²) in [6.07, 6.45) is 1.76. The van der Waals surface area contributed by atoms with Crippen molar-refractivity contribution >= 4 is 17.3 Å². The molecule has 1 aromatic rings. The summed E-state index contributed by atoms with van der Waals surface area (Å²) in [6, 6.07) is 10.5. The van der Waals surface area contributed by atoms with Crippen LogP contribution < -0.4 is 10.6 Å². The monoisotopic (exact) mass is 240 g/mol. The Kier molecular flexibility index (Phi) is 4.96. The number of hydrogen-bond donors (Lipinski definition) is 2. The lowest BCUT2D eigenvalue weighted by Crippen LogP contribution is -2.09. The summed E-state index contributed by atoms with van der Waals surface area (Å²) in [7, 11) is 0. The lowest BCUT2D eigenvalue weighted by atomic mass is 10.2. The topological polar surface area (TPSA) is 88.7 Å². The highest BCUT2D eigenvalue weighted by molar-refractivity contribution is 5.90. The average molecular weight is 240 g/mol. The Balaban J connectivity index is 2.67. The van der Waals surface area contributed by atoms with Crippen molar-refractivity contribution in [3.05, 3.63) is 36.0 Å². The highest BCUT2D eigenvalue weighted by Crippen LogP contribution is 2.14. The minimum atomic E-state index is -0.0492. The van der Waals surface area contributed by atoms with Crippen LogP contribution in [-0.4, -0.2) is 5.91 Å². The molecule has 1 amide bonds. The number of hydrogen-bond acceptors (Lipinski definition) is 4. The molecule has 0 radical (unpaired) electrons. The zero-order valence-corrected chi connectivity index (χ0v) is 9.90. The van der Waals surface area contributed by atoms with E-state index in [1.54, 1.807) is 43.3 Å². The molecule has 5 heteroatoms. The van der Waals surface area contributed by atoms with Gasteiger partial charge in [-0.15, -0.1) is 0 Å². The Labute approximate surface area is 105 Å². The maximum Gasteiger partial charge on any atom is 0.224 e. The van der Waals surface area contributed by atoms with E-state index >= 15 is 0 Å². The SMILES string of the molecule is CCC(=O)Nc1ccc(NC=C(C#N)C#N)cc1. The van der Waals surface area contributed by atoms with Crippen LogP contribution in [0.5, 0.6) is 0 Å². The molecule has 0 aliphatic carbocycles. The molecule has 0 bridgehead atoms. The fraction of sp³-hybridized carbons (Fsp3) is 0.154. The van der Waals surface area contributed by atoms with Crippen LogP contribution in [0.3, 0.4) is 0 Å². The molecule has 0 saturated heterocycles. The minimum Gasteiger partial charge on any atom is -0.360 e. The number of anilines is 2. The van der Waals surface area contributed by atoms with E-state index in [0.29, 0.717) is 12.1 Å². The van der Waals surface area contributed by atoms with Crippen molar-refractivity contribution in [3.63, 3.8) is 0 Å². The van der Waals surface area contributed by atoms with Crippen molar-refractivity contribution in [1.29, 1.82) is 10.5 Å². The van der Waals surface area contributed by atoms with Gasteiger partial charge in [0, 0.05) is 24.0 Å². The Bertz CT molecular complexity index is 516. The molecule has 0 aromatic heterocycles. The van der Waals surface area contributed by atoms with E-state index in [2.05, 4.69) is 10.6 Å². The second kappa shape index (κ2) is 6.72. The second-order valence-electron chi connectivity index (χ2n) is 3.41. The van der Waals surface area contributed by atoms with Crippen LogP contribution >= 0.6 is 0 Å². The van der Waals surface area contributed by atoms with Gasteiger partial charge in [0.25, 0.3) is 0 Å². The molecular weight excluding hydrogens is 228 g/mol. The number of nitrogens with zero attached hydrogens (tertiary/aromatic N) is 2. The van der Waals surface area contributed by atoms with E-state index in [1.165, 1.54) is 6.20 Å². The van der Waals surface area contributed by atoms with Crippen LogP contribution in [0.15, 0.2) is 36.0 Å². The van der Waals surface area contributed by atoms with E-state index in [-0.39, 0.29) is 11.5 Å². The summed E-state index contributed by atoms with van der Waals surface area (Å²) in [5.74, 6) is -0.0492. The highest BCUT2D eigenvalue weighted by Gasteiger charge is 1.98. The summed E-state index contributed by atoms with van der Waals surface area (Å²) in [6.45, 7) is 1.78. The normalized spacial score (nSPS) is 8.61. The maximum absolute atomic E-state index is 11.2. The number of carbonyl (C=O) groups is 1. The van der Waals surface area contributed by atoms with Crippen LogP contribution in [0.1, 0.15) is 13.3 Å². The van der Waals surface area contributed by atoms with Crippen LogP contribution in [0.2, 0.25) is 0 Å². The lowest BCUT2D eigenvalue weighted by molar-refractivity contribution is -0.115. The minimum absolute atomic E-state index is 0.00152. The first kappa shape index (κ1) is 13.3. The van der Waals surface area contributed by atoms with Crippen molar-refractivity contribution in [3.8, 4) is 12.1 Å². The third-order valence-electron chi connectivity index (χ3n) is 2.11. The van der Waals surface area contributed by atoms with Crippen LogP contribution in [0, 0.1) is 22.7 Å². The van der Waals surface area contributed by atoms with Gasteiger partial charge in [0.15, 0.2) is 0 Å². The average Bonchev–Trinajstić information content (AvgIpc) is 2.41. The second-order valence-corrected chi connectivity index (χ2v) is 3.41. The fourth-order valence-corrected chi connectivity index (χ4v) is 1.14. The van der Waals surface area contributed by atoms with Gasteiger partial charge in [0.05, 0.1) is 0 Å². The first-order chi connectivity index (χ1) is 8.69. The molecule has 0 heterocycles. The Morgan fingerprint density at radius 3 is 2.28 bits per heavy atom. The first-order valence-corrected chi connectivity index (χ1v) is 5.36. The third kappa shape index (κ3) is 3.99. The number of amides is 1. The molecule has 0 atom stereocenters. The number of allylic oxidation sites excluding steroid dienone is 1. The molecule has 90 valence electrons. The molecular formula is C13H12N4O. The number of nitriles is 2. The van der Waals surface area contributed by atoms with E-state index in [4.69, 9.17) is 10.5 Å². The van der Waals surface area contributed by atoms with Crippen molar-refractivity contribution in [2.75, 3.05) is 10.6 Å². The predicted octanol–water partition coefficient (Wildman–Crippen LogP) is 2.38. The molecule has 0 spiro atoms. The van der Waals surface area contributed by atoms with Gasteiger partial charge in [0.2, 0.25) is 5.91 Å². The van der Waals surface area contributed by atoms with Gasteiger partial charge in [-0.25, -0.2) is 0 Å². The zero-order valence-electron chi connectivity index (χ0n) is 9.90. The molecule has 1 aromatic carbocycles. The molecule has 0 saturated carbocycles. The highest BCUT2D eigenvalue weighted by atomic mass is 16.1. The van der Waals surface area contributed by atoms with Gasteiger partial charge in [-0.1, -0.05) is 6.92 Å². The van der Waals surface area contributed by atoms with Gasteiger partial charge in [-0.3, -0.25) is 4.79 Å². The van der Waals surface area contributed by atoms with Crippen LogP contribution in [0.25, 0.3) is 0 Å². The summed E-state index contributed by atoms with van der Waals surface area (Å²) >= 11 is 0. The number of benzene rings is 1. The maximum atomic E-state index is 11.2. The predicted molar refractivity (Wildman–Crippen MR) is 68.3 cm³/mol. The third-order valence-corrected chi connectivity index (χ3v) is 2.11. The van der Waals surface area contributed by atoms with Gasteiger partial charge in [0.1, 0.15) is 17.7 Å². The van der Waals surface area contributed by atoms with Gasteiger partial charge in [-0.2, -0.15) is 10.5 Å². The Morgan fingerprint density at radius 1 is 1.22 bits per heavy atom. The van der Waals surface area contributed by atoms with E-state index in [9.17, 15) is 4.79 Å². The molecule has 0 fully saturated rings. The van der Waals surface area contributed by atoms with Crippen molar-refractivity contribution in [1.82, 2.24) is 0 Å². The van der Waals surface area contributed by atoms with E-state index in [1.807, 2.05) is 0 Å². The summed E-state index contributed by atoms with van der Waals surface area (Å²) in [4.78, 5) is 11.2. The van der Waals surface area contributed by atoms with Crippen molar-refractivity contribution in [2.24, 2.45) is 0 Å². The van der Waals surface area contributed by atoms with Crippen molar-refractivity contribution < 1.29 is 4.79 Å².